The Morgan fingerprint density at radius 1 is 1.03 bits per heavy atom. The van der Waals surface area contributed by atoms with E-state index in [1.54, 1.807) is 7.11 Å². The number of carbonyl (C=O) groups is 1. The number of piperazine rings is 1. The summed E-state index contributed by atoms with van der Waals surface area (Å²) in [5.74, 6) is 1.33. The number of hydrogen-bond acceptors (Lipinski definition) is 6. The minimum Gasteiger partial charge on any atom is -0.497 e. The molecule has 32 heavy (non-hydrogen) atoms. The highest BCUT2D eigenvalue weighted by Crippen LogP contribution is 2.24. The number of carbonyl (C=O) groups excluding carboxylic acids is 1. The van der Waals surface area contributed by atoms with E-state index >= 15 is 0 Å². The van der Waals surface area contributed by atoms with Crippen molar-refractivity contribution in [2.75, 3.05) is 51.3 Å². The molecule has 2 saturated heterocycles. The molecule has 2 aliphatic rings. The molecule has 172 valence electrons. The summed E-state index contributed by atoms with van der Waals surface area (Å²) in [7, 11) is -1.24. The van der Waals surface area contributed by atoms with Crippen LogP contribution >= 0.6 is 0 Å². The number of rotatable bonds is 7. The lowest BCUT2D eigenvalue weighted by atomic mass is 9.98. The van der Waals surface area contributed by atoms with E-state index < -0.39 is 9.84 Å². The summed E-state index contributed by atoms with van der Waals surface area (Å²) in [5.41, 5.74) is 2.02. The number of sulfone groups is 1. The van der Waals surface area contributed by atoms with Gasteiger partial charge in [0, 0.05) is 32.2 Å². The fourth-order valence-corrected chi connectivity index (χ4v) is 6.32. The zero-order valence-electron chi connectivity index (χ0n) is 18.4. The van der Waals surface area contributed by atoms with Gasteiger partial charge in [-0.15, -0.1) is 0 Å². The molecule has 2 heterocycles. The van der Waals surface area contributed by atoms with Gasteiger partial charge < -0.3 is 10.1 Å². The molecule has 0 spiro atoms. The monoisotopic (exact) mass is 457 g/mol. The van der Waals surface area contributed by atoms with Crippen LogP contribution in [-0.4, -0.2) is 81.5 Å². The Hall–Kier alpha value is -2.42. The molecule has 2 fully saturated rings. The average Bonchev–Trinajstić information content (AvgIpc) is 3.18. The molecule has 2 atom stereocenters. The van der Waals surface area contributed by atoms with E-state index in [1.165, 1.54) is 0 Å². The highest BCUT2D eigenvalue weighted by Gasteiger charge is 2.34. The Labute approximate surface area is 190 Å². The van der Waals surface area contributed by atoms with Crippen LogP contribution in [0, 0.1) is 0 Å². The first kappa shape index (κ1) is 22.8. The van der Waals surface area contributed by atoms with Crippen molar-refractivity contribution in [1.82, 2.24) is 15.1 Å². The number of methoxy groups -OCH3 is 1. The Morgan fingerprint density at radius 2 is 1.69 bits per heavy atom. The van der Waals surface area contributed by atoms with Crippen LogP contribution in [0.3, 0.4) is 0 Å². The standard InChI is InChI=1S/C24H31N3O4S/c1-31-22-9-7-20(8-10-22)24(19-5-3-2-4-6-19)25-23(28)17-26-12-14-27(15-13-26)21-11-16-32(29,30)18-21/h2-10,21,24H,11-18H2,1H3,(H,25,28)/t21-,24-/m1/s1. The van der Waals surface area contributed by atoms with E-state index in [2.05, 4.69) is 15.1 Å². The largest absolute Gasteiger partial charge is 0.497 e. The van der Waals surface area contributed by atoms with Gasteiger partial charge in [-0.2, -0.15) is 0 Å². The summed E-state index contributed by atoms with van der Waals surface area (Å²) < 4.78 is 28.8. The highest BCUT2D eigenvalue weighted by atomic mass is 32.2. The number of hydrogen-bond donors (Lipinski definition) is 1. The van der Waals surface area contributed by atoms with Crippen LogP contribution in [0.4, 0.5) is 0 Å². The number of nitrogens with zero attached hydrogens (tertiary/aromatic N) is 2. The second-order valence-corrected chi connectivity index (χ2v) is 10.8. The van der Waals surface area contributed by atoms with Crippen LogP contribution in [-0.2, 0) is 14.6 Å². The van der Waals surface area contributed by atoms with Crippen molar-refractivity contribution >= 4 is 15.7 Å². The van der Waals surface area contributed by atoms with Crippen molar-refractivity contribution in [3.05, 3.63) is 65.7 Å². The normalized spacial score (nSPS) is 22.3. The molecular formula is C24H31N3O4S. The molecule has 0 aromatic heterocycles. The lowest BCUT2D eigenvalue weighted by molar-refractivity contribution is -0.123. The summed E-state index contributed by atoms with van der Waals surface area (Å²) in [6.07, 6.45) is 0.726. The van der Waals surface area contributed by atoms with Crippen molar-refractivity contribution in [2.45, 2.75) is 18.5 Å². The van der Waals surface area contributed by atoms with Crippen molar-refractivity contribution in [2.24, 2.45) is 0 Å². The van der Waals surface area contributed by atoms with Crippen molar-refractivity contribution < 1.29 is 17.9 Å². The zero-order chi connectivity index (χ0) is 22.6. The summed E-state index contributed by atoms with van der Waals surface area (Å²) in [6.45, 7) is 3.46. The minimum atomic E-state index is -2.88. The number of ether oxygens (including phenoxy) is 1. The molecule has 2 aliphatic heterocycles. The van der Waals surface area contributed by atoms with Gasteiger partial charge >= 0.3 is 0 Å². The van der Waals surface area contributed by atoms with E-state index in [1.807, 2.05) is 54.6 Å². The van der Waals surface area contributed by atoms with E-state index in [0.29, 0.717) is 12.3 Å². The Bertz CT molecular complexity index is 1000. The Balaban J connectivity index is 1.35. The van der Waals surface area contributed by atoms with Gasteiger partial charge in [0.05, 0.1) is 31.2 Å². The molecule has 8 heteroatoms. The van der Waals surface area contributed by atoms with Crippen LogP contribution in [0.2, 0.25) is 0 Å². The highest BCUT2D eigenvalue weighted by molar-refractivity contribution is 7.91. The first-order valence-corrected chi connectivity index (χ1v) is 12.9. The molecular weight excluding hydrogens is 426 g/mol. The molecule has 2 aromatic carbocycles. The average molecular weight is 458 g/mol. The summed E-state index contributed by atoms with van der Waals surface area (Å²) in [4.78, 5) is 17.4. The third-order valence-corrected chi connectivity index (χ3v) is 8.14. The summed E-state index contributed by atoms with van der Waals surface area (Å²) >= 11 is 0. The molecule has 2 aromatic rings. The van der Waals surface area contributed by atoms with Crippen LogP contribution in [0.5, 0.6) is 5.75 Å². The predicted octanol–water partition coefficient (Wildman–Crippen LogP) is 1.71. The second kappa shape index (κ2) is 10.0. The maximum Gasteiger partial charge on any atom is 0.234 e. The van der Waals surface area contributed by atoms with Gasteiger partial charge in [0.25, 0.3) is 0 Å². The van der Waals surface area contributed by atoms with E-state index in [0.717, 1.165) is 49.5 Å². The van der Waals surface area contributed by atoms with Gasteiger partial charge in [-0.3, -0.25) is 14.6 Å². The fraction of sp³-hybridized carbons (Fsp3) is 0.458. The van der Waals surface area contributed by atoms with E-state index in [4.69, 9.17) is 4.74 Å². The maximum atomic E-state index is 12.9. The third-order valence-electron chi connectivity index (χ3n) is 6.39. The molecule has 0 radical (unpaired) electrons. The van der Waals surface area contributed by atoms with Gasteiger partial charge in [0.2, 0.25) is 5.91 Å². The lowest BCUT2D eigenvalue weighted by Crippen LogP contribution is -2.52. The lowest BCUT2D eigenvalue weighted by Gasteiger charge is -2.37. The maximum absolute atomic E-state index is 12.9. The van der Waals surface area contributed by atoms with Crippen molar-refractivity contribution in [1.29, 1.82) is 0 Å². The molecule has 0 aliphatic carbocycles. The summed E-state index contributed by atoms with van der Waals surface area (Å²) in [5, 5.41) is 3.20. The zero-order valence-corrected chi connectivity index (χ0v) is 19.3. The van der Waals surface area contributed by atoms with Crippen LogP contribution < -0.4 is 10.1 Å². The number of nitrogens with one attached hydrogen (secondary N) is 1. The van der Waals surface area contributed by atoms with Crippen LogP contribution in [0.1, 0.15) is 23.6 Å². The van der Waals surface area contributed by atoms with Gasteiger partial charge in [-0.1, -0.05) is 42.5 Å². The first-order chi connectivity index (χ1) is 15.4. The fourth-order valence-electron chi connectivity index (χ4n) is 4.56. The molecule has 0 unspecified atom stereocenters. The molecule has 4 rings (SSSR count). The number of benzene rings is 2. The third kappa shape index (κ3) is 5.68. The van der Waals surface area contributed by atoms with Gasteiger partial charge in [-0.25, -0.2) is 8.42 Å². The minimum absolute atomic E-state index is 0.0217. The van der Waals surface area contributed by atoms with Gasteiger partial charge in [0.1, 0.15) is 5.75 Å². The SMILES string of the molecule is COc1ccc([C@H](NC(=O)CN2CCN([C@@H]3CCS(=O)(=O)C3)CC2)c2ccccc2)cc1. The summed E-state index contributed by atoms with van der Waals surface area (Å²) in [6, 6.07) is 17.6. The molecule has 1 amide bonds. The second-order valence-electron chi connectivity index (χ2n) is 8.55. The quantitative estimate of drug-likeness (QED) is 0.682. The predicted molar refractivity (Wildman–Crippen MR) is 124 cm³/mol. The van der Waals surface area contributed by atoms with E-state index in [-0.39, 0.29) is 23.7 Å². The first-order valence-electron chi connectivity index (χ1n) is 11.1. The molecule has 7 nitrogen and oxygen atoms in total. The van der Waals surface area contributed by atoms with E-state index in [9.17, 15) is 13.2 Å². The molecule has 1 N–H and O–H groups in total. The molecule has 0 bridgehead atoms. The van der Waals surface area contributed by atoms with Crippen molar-refractivity contribution in [3.63, 3.8) is 0 Å². The topological polar surface area (TPSA) is 79.0 Å². The van der Waals surface area contributed by atoms with Crippen LogP contribution in [0.25, 0.3) is 0 Å². The smallest absolute Gasteiger partial charge is 0.234 e. The number of amides is 1. The Morgan fingerprint density at radius 3 is 2.28 bits per heavy atom. The van der Waals surface area contributed by atoms with Crippen molar-refractivity contribution in [3.8, 4) is 5.75 Å². The Kier molecular flexibility index (Phi) is 7.13. The van der Waals surface area contributed by atoms with Gasteiger partial charge in [0.15, 0.2) is 9.84 Å². The van der Waals surface area contributed by atoms with Crippen LogP contribution in [0.15, 0.2) is 54.6 Å². The van der Waals surface area contributed by atoms with Gasteiger partial charge in [-0.05, 0) is 29.7 Å². The molecule has 0 saturated carbocycles.